The topological polar surface area (TPSA) is 40.6 Å². The lowest BCUT2D eigenvalue weighted by Crippen LogP contribution is -2.37. The maximum Gasteiger partial charge on any atom is 0.261 e. The van der Waals surface area contributed by atoms with Gasteiger partial charge in [0.05, 0.1) is 27.0 Å². The van der Waals surface area contributed by atoms with E-state index in [4.69, 9.17) is 0 Å². The van der Waals surface area contributed by atoms with Crippen molar-refractivity contribution in [3.8, 4) is 29.3 Å². The molecule has 0 aliphatic carbocycles. The van der Waals surface area contributed by atoms with Crippen LogP contribution < -0.4 is 0 Å². The first-order chi connectivity index (χ1) is 48.3. The van der Waals surface area contributed by atoms with Gasteiger partial charge in [0, 0.05) is 83.9 Å². The van der Waals surface area contributed by atoms with E-state index >= 15 is 9.59 Å². The van der Waals surface area contributed by atoms with Gasteiger partial charge in [0.2, 0.25) is 0 Å². The second kappa shape index (κ2) is 43.8. The summed E-state index contributed by atoms with van der Waals surface area (Å²) in [5, 5.41) is 3.33. The lowest BCUT2D eigenvalue weighted by Gasteiger charge is -2.31. The number of carbonyl (C=O) groups excluding carboxylic acids is 2. The number of thiophene rings is 4. The third-order valence-corrected chi connectivity index (χ3v) is 32.1. The first-order valence-electron chi connectivity index (χ1n) is 40.3. The summed E-state index contributed by atoms with van der Waals surface area (Å²) in [5.41, 5.74) is 3.44. The maximum absolute atomic E-state index is 16.6. The van der Waals surface area contributed by atoms with Gasteiger partial charge in [-0.15, -0.1) is 92.4 Å². The molecule has 5 unspecified atom stereocenters. The van der Waals surface area contributed by atoms with Gasteiger partial charge in [-0.05, 0) is 111 Å². The van der Waals surface area contributed by atoms with Gasteiger partial charge in [0.25, 0.3) is 11.8 Å². The van der Waals surface area contributed by atoms with Gasteiger partial charge in [0.15, 0.2) is 0 Å². The third-order valence-electron chi connectivity index (χ3n) is 21.6. The number of nitrogens with zero attached hydrogens (tertiary/aromatic N) is 2. The van der Waals surface area contributed by atoms with Crippen LogP contribution in [0, 0.1) is 11.8 Å². The lowest BCUT2D eigenvalue weighted by molar-refractivity contribution is -0.125. The molecule has 0 saturated carbocycles. The van der Waals surface area contributed by atoms with Gasteiger partial charge >= 0.3 is 0 Å². The molecule has 0 N–H and O–H groups in total. The zero-order valence-corrected chi connectivity index (χ0v) is 67.6. The fourth-order valence-electron chi connectivity index (χ4n) is 15.9. The van der Waals surface area contributed by atoms with Crippen molar-refractivity contribution in [2.75, 3.05) is 18.8 Å². The number of allylic oxidation sites excluding steroid dienone is 4. The van der Waals surface area contributed by atoms with Gasteiger partial charge in [-0.25, -0.2) is 0 Å². The number of amides is 2. The molecule has 12 heteroatoms. The predicted octanol–water partition coefficient (Wildman–Crippen LogP) is 29.7. The highest BCUT2D eigenvalue weighted by atomic mass is 32.2. The quantitative estimate of drug-likeness (QED) is 0.0410. The molecule has 0 saturated heterocycles. The standard InChI is InChI=1S/C86H124N2O2S8/c1-5-9-13-17-21-25-27-31-35-39-45-65(43-37-33-29-23-19-15-11-7-3)63-87-83(79-59-57-77(97-79)75-55-53-73(95-75)71-51-49-69(93-71)67-47-41-61-91-67)81-82(85(87)89)84(80-60-58-78(98-80)76-56-54-74(96-76)72-52-50-70(94-72)68-48-42-62-92-68)88(86(81)90)64-66(44-38-34-30-24-20-16-12-8-4)46-40-36-32-28-26-22-18-14-10-6-2/h41,47-51,53,55-59,61,65-66,72,74,80H,5-40,42-46,52,54,60,62-64H2,1-4H3. The lowest BCUT2D eigenvalue weighted by atomic mass is 9.93. The Morgan fingerprint density at radius 2 is 0.745 bits per heavy atom. The summed E-state index contributed by atoms with van der Waals surface area (Å²) in [6, 6.07) is 18.2. The van der Waals surface area contributed by atoms with E-state index in [2.05, 4.69) is 139 Å². The normalized spacial score (nSPS) is 19.3. The SMILES string of the molecule is CCCCCCCCCCCCC(CCCCCCCCCC)CN1C(=O)C2=C(C3CC=C(C4=CCC(C5CC=C(C6=CCCS6)S5)S4)S3)N(CC(CCCCCCCCCC)CCCCCCCCCCCC)C(=O)C2=C1c1ccc(-c2ccc(-c3ccc(-c4cccs4)s3)s2)s1. The minimum absolute atomic E-state index is 0.00879. The highest BCUT2D eigenvalue weighted by Gasteiger charge is 2.52. The maximum atomic E-state index is 16.6. The Morgan fingerprint density at radius 3 is 1.16 bits per heavy atom. The molecule has 538 valence electrons. The zero-order chi connectivity index (χ0) is 67.9. The predicted molar refractivity (Wildman–Crippen MR) is 443 cm³/mol. The average molecular weight is 1470 g/mol. The molecule has 2 amide bonds. The summed E-state index contributed by atoms with van der Waals surface area (Å²) in [6.45, 7) is 10.7. The fraction of sp³-hybridized carbons (Fsp3) is 0.651. The summed E-state index contributed by atoms with van der Waals surface area (Å²) < 4.78 is 0. The van der Waals surface area contributed by atoms with Crippen LogP contribution >= 0.6 is 92.4 Å². The number of fused-ring (bicyclic) bond motifs is 1. The van der Waals surface area contributed by atoms with E-state index in [1.165, 1.54) is 292 Å². The summed E-state index contributed by atoms with van der Waals surface area (Å²) in [4.78, 5) is 52.3. The van der Waals surface area contributed by atoms with Gasteiger partial charge in [0.1, 0.15) is 0 Å². The van der Waals surface area contributed by atoms with Crippen molar-refractivity contribution in [3.63, 3.8) is 0 Å². The number of rotatable bonds is 52. The molecular weight excluding hydrogens is 1350 g/mol. The van der Waals surface area contributed by atoms with Crippen LogP contribution in [0.4, 0.5) is 0 Å². The molecule has 0 aromatic carbocycles. The minimum atomic E-state index is 0.00879. The minimum Gasteiger partial charge on any atom is -0.310 e. The second-order valence-electron chi connectivity index (χ2n) is 29.5. The van der Waals surface area contributed by atoms with E-state index in [-0.39, 0.29) is 17.1 Å². The van der Waals surface area contributed by atoms with Gasteiger partial charge < -0.3 is 9.80 Å². The van der Waals surface area contributed by atoms with E-state index in [1.54, 1.807) is 0 Å². The second-order valence-corrected chi connectivity index (χ2v) is 38.7. The van der Waals surface area contributed by atoms with Crippen LogP contribution in [0.1, 0.15) is 315 Å². The summed E-state index contributed by atoms with van der Waals surface area (Å²) in [5.74, 6) is 2.20. The molecule has 10 rings (SSSR count). The molecule has 6 aliphatic rings. The Labute approximate surface area is 629 Å². The van der Waals surface area contributed by atoms with Crippen molar-refractivity contribution in [2.24, 2.45) is 11.8 Å². The van der Waals surface area contributed by atoms with Crippen LogP contribution in [-0.4, -0.2) is 56.2 Å². The Balaban J connectivity index is 0.955. The van der Waals surface area contributed by atoms with E-state index in [0.717, 1.165) is 78.9 Å². The van der Waals surface area contributed by atoms with Gasteiger partial charge in [-0.2, -0.15) is 0 Å². The van der Waals surface area contributed by atoms with Crippen LogP contribution in [0.2, 0.25) is 0 Å². The van der Waals surface area contributed by atoms with Crippen molar-refractivity contribution in [1.29, 1.82) is 0 Å². The molecule has 5 atom stereocenters. The summed E-state index contributed by atoms with van der Waals surface area (Å²) in [6.07, 6.45) is 66.5. The molecule has 4 aromatic heterocycles. The molecule has 98 heavy (non-hydrogen) atoms. The van der Waals surface area contributed by atoms with E-state index < -0.39 is 0 Å². The number of carbonyl (C=O) groups is 2. The first-order valence-corrected chi connectivity index (χ1v) is 47.2. The number of hydrogen-bond donors (Lipinski definition) is 0. The highest BCUT2D eigenvalue weighted by molar-refractivity contribution is 8.11. The summed E-state index contributed by atoms with van der Waals surface area (Å²) >= 11 is 15.6. The molecular formula is C86H124N2O2S8. The molecule has 0 radical (unpaired) electrons. The molecule has 0 spiro atoms. The number of hydrogen-bond acceptors (Lipinski definition) is 10. The van der Waals surface area contributed by atoms with Crippen LogP contribution in [-0.2, 0) is 9.59 Å². The number of thioether (sulfide) groups is 4. The van der Waals surface area contributed by atoms with Crippen molar-refractivity contribution in [1.82, 2.24) is 9.80 Å². The Morgan fingerprint density at radius 1 is 0.378 bits per heavy atom. The van der Waals surface area contributed by atoms with Gasteiger partial charge in [-0.3, -0.25) is 9.59 Å². The van der Waals surface area contributed by atoms with Crippen molar-refractivity contribution >= 4 is 110 Å². The molecule has 4 nitrogen and oxygen atoms in total. The van der Waals surface area contributed by atoms with Crippen molar-refractivity contribution in [3.05, 3.63) is 120 Å². The van der Waals surface area contributed by atoms with Crippen molar-refractivity contribution in [2.45, 2.75) is 326 Å². The number of unbranched alkanes of at least 4 members (excludes halogenated alkanes) is 32. The monoisotopic (exact) mass is 1470 g/mol. The zero-order valence-electron chi connectivity index (χ0n) is 61.1. The molecule has 10 heterocycles. The van der Waals surface area contributed by atoms with E-state index in [1.807, 2.05) is 68.9 Å². The largest absolute Gasteiger partial charge is 0.310 e. The molecule has 4 aromatic rings. The Bertz CT molecular complexity index is 3220. The molecule has 0 fully saturated rings. The average Bonchev–Trinajstić information content (AvgIpc) is 1.55. The Hall–Kier alpha value is -2.42. The van der Waals surface area contributed by atoms with Crippen LogP contribution in [0.25, 0.3) is 35.0 Å². The third kappa shape index (κ3) is 23.3. The summed E-state index contributed by atoms with van der Waals surface area (Å²) in [7, 11) is 0. The Kier molecular flexibility index (Phi) is 34.9. The van der Waals surface area contributed by atoms with Crippen LogP contribution in [0.5, 0.6) is 0 Å². The van der Waals surface area contributed by atoms with E-state index in [9.17, 15) is 0 Å². The first kappa shape index (κ1) is 78.2. The van der Waals surface area contributed by atoms with Crippen molar-refractivity contribution < 1.29 is 9.59 Å². The fourth-order valence-corrected chi connectivity index (χ4v) is 25.4. The highest BCUT2D eigenvalue weighted by Crippen LogP contribution is 2.57. The van der Waals surface area contributed by atoms with E-state index in [0.29, 0.717) is 28.9 Å². The van der Waals surface area contributed by atoms with Crippen LogP contribution in [0.3, 0.4) is 0 Å². The van der Waals surface area contributed by atoms with Gasteiger partial charge in [-0.1, -0.05) is 289 Å². The molecule has 0 bridgehead atoms. The molecule has 6 aliphatic heterocycles. The van der Waals surface area contributed by atoms with Crippen LogP contribution in [0.15, 0.2) is 115 Å². The smallest absolute Gasteiger partial charge is 0.261 e.